The summed E-state index contributed by atoms with van der Waals surface area (Å²) in [5, 5.41) is 2.14. The summed E-state index contributed by atoms with van der Waals surface area (Å²) in [4.78, 5) is 0. The highest BCUT2D eigenvalue weighted by Gasteiger charge is 2.50. The van der Waals surface area contributed by atoms with Crippen LogP contribution in [-0.2, 0) is 33.0 Å². The molecule has 2 aromatic rings. The summed E-state index contributed by atoms with van der Waals surface area (Å²) in [5.74, 6) is -0.0113. The molecule has 0 radical (unpaired) electrons. The number of hydrogen-bond donors (Lipinski definition) is 0. The molecule has 1 unspecified atom stereocenters. The van der Waals surface area contributed by atoms with Gasteiger partial charge >= 0.3 is 0 Å². The third-order valence-electron chi connectivity index (χ3n) is 6.39. The minimum absolute atomic E-state index is 0.0113. The third-order valence-corrected chi connectivity index (χ3v) is 12.6. The van der Waals surface area contributed by atoms with Gasteiger partial charge in [0.2, 0.25) is 0 Å². The molecule has 0 heterocycles. The molecule has 0 bridgehead atoms. The lowest BCUT2D eigenvalue weighted by atomic mass is 9.86. The predicted molar refractivity (Wildman–Crippen MR) is 140 cm³/mol. The van der Waals surface area contributed by atoms with Gasteiger partial charge in [-0.1, -0.05) is 81.4 Å². The zero-order valence-corrected chi connectivity index (χ0v) is 23.6. The molecule has 1 aliphatic carbocycles. The van der Waals surface area contributed by atoms with Gasteiger partial charge in [0.15, 0.2) is 0 Å². The maximum atomic E-state index is 11.9. The van der Waals surface area contributed by atoms with Crippen LogP contribution in [0.3, 0.4) is 0 Å². The molecule has 3 rings (SSSR count). The lowest BCUT2D eigenvalue weighted by Gasteiger charge is -2.44. The van der Waals surface area contributed by atoms with E-state index in [0.717, 1.165) is 22.9 Å². The highest BCUT2D eigenvalue weighted by atomic mass is 32.2. The normalized spacial score (nSPS) is 22.1. The van der Waals surface area contributed by atoms with Crippen LogP contribution in [-0.4, -0.2) is 56.5 Å². The van der Waals surface area contributed by atoms with Crippen LogP contribution < -0.4 is 10.4 Å². The molecule has 0 amide bonds. The Kier molecular flexibility index (Phi) is 8.66. The molecule has 1 saturated carbocycles. The first-order valence-electron chi connectivity index (χ1n) is 11.7. The Morgan fingerprint density at radius 2 is 1.23 bits per heavy atom. The molecule has 0 spiro atoms. The molecule has 3 atom stereocenters. The van der Waals surface area contributed by atoms with Gasteiger partial charge in [-0.3, -0.25) is 8.37 Å². The van der Waals surface area contributed by atoms with E-state index in [1.807, 2.05) is 36.4 Å². The van der Waals surface area contributed by atoms with Crippen molar-refractivity contribution in [2.75, 3.05) is 19.1 Å². The molecule has 0 saturated heterocycles. The van der Waals surface area contributed by atoms with Gasteiger partial charge in [0.1, 0.15) is 12.2 Å². The second-order valence-electron chi connectivity index (χ2n) is 10.3. The largest absolute Gasteiger partial charge is 0.407 e. The fourth-order valence-electron chi connectivity index (χ4n) is 5.00. The summed E-state index contributed by atoms with van der Waals surface area (Å²) >= 11 is 0. The van der Waals surface area contributed by atoms with Crippen LogP contribution in [0.15, 0.2) is 60.7 Å². The van der Waals surface area contributed by atoms with E-state index in [2.05, 4.69) is 45.0 Å². The van der Waals surface area contributed by atoms with Crippen molar-refractivity contribution in [3.63, 3.8) is 0 Å². The molecule has 0 aromatic heterocycles. The molecule has 2 aromatic carbocycles. The summed E-state index contributed by atoms with van der Waals surface area (Å²) in [7, 11) is -10.3. The topological polar surface area (TPSA) is 96.0 Å². The second-order valence-corrected chi connectivity index (χ2v) is 17.8. The van der Waals surface area contributed by atoms with Crippen molar-refractivity contribution in [2.45, 2.75) is 57.3 Å². The fourth-order valence-corrected chi connectivity index (χ4v) is 11.0. The van der Waals surface area contributed by atoms with Gasteiger partial charge in [-0.25, -0.2) is 0 Å². The Morgan fingerprint density at radius 1 is 0.771 bits per heavy atom. The van der Waals surface area contributed by atoms with Crippen LogP contribution in [0, 0.1) is 5.92 Å². The predicted octanol–water partition coefficient (Wildman–Crippen LogP) is 3.05. The molecule has 1 fully saturated rings. The lowest BCUT2D eigenvalue weighted by Crippen LogP contribution is -2.67. The van der Waals surface area contributed by atoms with E-state index >= 15 is 0 Å². The quantitative estimate of drug-likeness (QED) is 0.356. The van der Waals surface area contributed by atoms with Crippen LogP contribution in [0.1, 0.15) is 40.0 Å². The Balaban J connectivity index is 1.91. The van der Waals surface area contributed by atoms with Crippen molar-refractivity contribution in [2.24, 2.45) is 5.92 Å². The van der Waals surface area contributed by atoms with E-state index in [1.54, 1.807) is 0 Å². The number of rotatable bonds is 9. The van der Waals surface area contributed by atoms with Gasteiger partial charge in [0, 0.05) is 6.61 Å². The monoisotopic (exact) mass is 540 g/mol. The number of benzene rings is 2. The summed E-state index contributed by atoms with van der Waals surface area (Å²) in [6.07, 6.45) is 1.52. The maximum absolute atomic E-state index is 11.9. The van der Waals surface area contributed by atoms with Crippen LogP contribution in [0.2, 0.25) is 5.04 Å². The van der Waals surface area contributed by atoms with Gasteiger partial charge in [-0.05, 0) is 40.6 Å². The lowest BCUT2D eigenvalue weighted by molar-refractivity contribution is 0.00345. The Morgan fingerprint density at radius 3 is 1.66 bits per heavy atom. The van der Waals surface area contributed by atoms with Crippen molar-refractivity contribution >= 4 is 38.9 Å². The standard InChI is InChI=1S/C25H36O7S2Si/c1-25(2,3)35(21-12-8-6-9-13-21,22-14-10-7-11-15-22)30-19-20-16-17-23(31-33(4,26)27)24(18-20)32-34(5,28)29/h6-15,20,23-24H,16-19H2,1-5H3/t20?,23-,24+/m1/s1. The average molecular weight is 541 g/mol. The van der Waals surface area contributed by atoms with Gasteiger partial charge in [0.05, 0.1) is 12.5 Å². The second kappa shape index (κ2) is 10.8. The van der Waals surface area contributed by atoms with Gasteiger partial charge in [0.25, 0.3) is 28.6 Å². The van der Waals surface area contributed by atoms with Crippen molar-refractivity contribution in [3.8, 4) is 0 Å². The maximum Gasteiger partial charge on any atom is 0.264 e. The zero-order chi connectivity index (χ0) is 25.9. The van der Waals surface area contributed by atoms with Crippen LogP contribution in [0.4, 0.5) is 0 Å². The van der Waals surface area contributed by atoms with Gasteiger partial charge in [-0.15, -0.1) is 0 Å². The van der Waals surface area contributed by atoms with E-state index in [0.29, 0.717) is 25.9 Å². The van der Waals surface area contributed by atoms with E-state index < -0.39 is 40.8 Å². The highest BCUT2D eigenvalue weighted by molar-refractivity contribution is 7.86. The fraction of sp³-hybridized carbons (Fsp3) is 0.520. The summed E-state index contributed by atoms with van der Waals surface area (Å²) in [6, 6.07) is 20.6. The minimum Gasteiger partial charge on any atom is -0.407 e. The molecule has 7 nitrogen and oxygen atoms in total. The summed E-state index contributed by atoms with van der Waals surface area (Å²) in [5.41, 5.74) is 0. The van der Waals surface area contributed by atoms with Crippen molar-refractivity contribution < 1.29 is 29.6 Å². The van der Waals surface area contributed by atoms with E-state index in [9.17, 15) is 16.8 Å². The number of hydrogen-bond acceptors (Lipinski definition) is 7. The molecule has 194 valence electrons. The van der Waals surface area contributed by atoms with Gasteiger partial charge < -0.3 is 4.43 Å². The Bertz CT molecular complexity index is 1140. The van der Waals surface area contributed by atoms with Crippen molar-refractivity contribution in [1.29, 1.82) is 0 Å². The highest BCUT2D eigenvalue weighted by Crippen LogP contribution is 2.38. The average Bonchev–Trinajstić information content (AvgIpc) is 2.74. The van der Waals surface area contributed by atoms with Crippen LogP contribution >= 0.6 is 0 Å². The van der Waals surface area contributed by atoms with Gasteiger partial charge in [-0.2, -0.15) is 16.8 Å². The molecule has 10 heteroatoms. The van der Waals surface area contributed by atoms with E-state index in [4.69, 9.17) is 12.8 Å². The first-order valence-corrected chi connectivity index (χ1v) is 17.3. The molecule has 0 N–H and O–H groups in total. The summed E-state index contributed by atoms with van der Waals surface area (Å²) < 4.78 is 64.7. The Labute approximate surface area is 211 Å². The van der Waals surface area contributed by atoms with E-state index in [1.165, 1.54) is 0 Å². The van der Waals surface area contributed by atoms with Crippen LogP contribution in [0.5, 0.6) is 0 Å². The molecule has 35 heavy (non-hydrogen) atoms. The Hall–Kier alpha value is -1.56. The van der Waals surface area contributed by atoms with Crippen molar-refractivity contribution in [1.82, 2.24) is 0 Å². The first-order chi connectivity index (χ1) is 16.2. The third kappa shape index (κ3) is 7.24. The molecular weight excluding hydrogens is 504 g/mol. The first kappa shape index (κ1) is 28.0. The summed E-state index contributed by atoms with van der Waals surface area (Å²) in [6.45, 7) is 7.01. The smallest absolute Gasteiger partial charge is 0.264 e. The van der Waals surface area contributed by atoms with E-state index in [-0.39, 0.29) is 11.0 Å². The molecular formula is C25H36O7S2Si. The zero-order valence-electron chi connectivity index (χ0n) is 21.0. The minimum atomic E-state index is -3.80. The van der Waals surface area contributed by atoms with Crippen molar-refractivity contribution in [3.05, 3.63) is 60.7 Å². The SMILES string of the molecule is CC(C)(C)[Si](OCC1CC[C@@H](OS(C)(=O)=O)[C@@H](OS(C)(=O)=O)C1)(c1ccccc1)c1ccccc1. The molecule has 1 aliphatic rings. The van der Waals surface area contributed by atoms with Crippen LogP contribution in [0.25, 0.3) is 0 Å². The molecule has 0 aliphatic heterocycles.